The number of esters is 1. The van der Waals surface area contributed by atoms with Crippen molar-refractivity contribution in [2.45, 2.75) is 76.3 Å². The average Bonchev–Trinajstić information content (AvgIpc) is 2.83. The zero-order chi connectivity index (χ0) is 31.1. The fourth-order valence-electron chi connectivity index (χ4n) is 4.19. The molecule has 1 aliphatic rings. The Hall–Kier alpha value is -3.55. The van der Waals surface area contributed by atoms with Crippen LogP contribution in [-0.2, 0) is 30.8 Å². The summed E-state index contributed by atoms with van der Waals surface area (Å²) in [7, 11) is -3.32. The number of aliphatic carboxylic acids is 1. The van der Waals surface area contributed by atoms with Crippen LogP contribution < -0.4 is 13.8 Å². The Morgan fingerprint density at radius 3 is 2.27 bits per heavy atom. The molecular weight excluding hydrogens is 574 g/mol. The highest BCUT2D eigenvalue weighted by molar-refractivity contribution is 7.92. The predicted molar refractivity (Wildman–Crippen MR) is 139 cm³/mol. The summed E-state index contributed by atoms with van der Waals surface area (Å²) >= 11 is 0. The Morgan fingerprint density at radius 1 is 1.07 bits per heavy atom. The third-order valence-electron chi connectivity index (χ3n) is 6.82. The van der Waals surface area contributed by atoms with E-state index in [0.29, 0.717) is 13.8 Å². The lowest BCUT2D eigenvalue weighted by atomic mass is 9.84. The number of rotatable bonds is 9. The summed E-state index contributed by atoms with van der Waals surface area (Å²) < 4.78 is 98.2. The number of benzene rings is 2. The number of carbonyl (C=O) groups excluding carboxylic acids is 1. The van der Waals surface area contributed by atoms with Gasteiger partial charge in [0, 0.05) is 12.5 Å². The number of alkyl halides is 3. The third-order valence-corrected chi connectivity index (χ3v) is 8.71. The van der Waals surface area contributed by atoms with Gasteiger partial charge >= 0.3 is 18.1 Å². The molecule has 1 aliphatic heterocycles. The fraction of sp³-hybridized carbons (Fsp3) is 0.481. The molecule has 0 amide bonds. The lowest BCUT2D eigenvalue weighted by Crippen LogP contribution is -2.52. The number of hydrogen-bond donors (Lipinski definition) is 1. The van der Waals surface area contributed by atoms with E-state index in [4.69, 9.17) is 9.47 Å². The molecule has 226 valence electrons. The lowest BCUT2D eigenvalue weighted by molar-refractivity contribution is -0.257. The molecule has 0 bridgehead atoms. The molecule has 0 unspecified atom stereocenters. The molecule has 0 spiro atoms. The van der Waals surface area contributed by atoms with Crippen molar-refractivity contribution < 1.29 is 54.9 Å². The molecule has 0 aromatic heterocycles. The van der Waals surface area contributed by atoms with Gasteiger partial charge in [-0.3, -0.25) is 13.9 Å². The first kappa shape index (κ1) is 32.0. The number of anilines is 1. The smallest absolute Gasteiger partial charge is 0.427 e. The Balaban J connectivity index is 2.09. The number of methoxy groups -OCH3 is 1. The van der Waals surface area contributed by atoms with Crippen molar-refractivity contribution in [1.29, 1.82) is 0 Å². The van der Waals surface area contributed by atoms with Crippen molar-refractivity contribution in [3.63, 3.8) is 0 Å². The standard InChI is InChI=1S/C27H31F4NO8S/c1-15-22(14-25(2,3)24(34)35)39-20-10-7-16(12-23(33)40-26(4,5)27(29,30)31)11-19(20)32(15)41(36,37)17-8-9-18(28)21(13-17)38-6/h7-11,13,15,22H,12,14H2,1-6H3,(H,34,35)/t15-,22+/m0/s1. The van der Waals surface area contributed by atoms with E-state index in [0.717, 1.165) is 29.6 Å². The normalized spacial score (nSPS) is 17.9. The van der Waals surface area contributed by atoms with Gasteiger partial charge in [0.1, 0.15) is 11.9 Å². The molecule has 1 heterocycles. The monoisotopic (exact) mass is 605 g/mol. The second-order valence-corrected chi connectivity index (χ2v) is 12.7. The second kappa shape index (κ2) is 11.0. The van der Waals surface area contributed by atoms with Crippen molar-refractivity contribution in [1.82, 2.24) is 0 Å². The first-order valence-corrected chi connectivity index (χ1v) is 13.8. The summed E-state index contributed by atoms with van der Waals surface area (Å²) in [6.07, 6.45) is -6.48. The molecule has 0 radical (unpaired) electrons. The average molecular weight is 606 g/mol. The van der Waals surface area contributed by atoms with E-state index in [1.807, 2.05) is 0 Å². The first-order chi connectivity index (χ1) is 18.7. The summed E-state index contributed by atoms with van der Waals surface area (Å²) in [5, 5.41) is 9.64. The Morgan fingerprint density at radius 2 is 1.71 bits per heavy atom. The summed E-state index contributed by atoms with van der Waals surface area (Å²) in [4.78, 5) is 23.9. The Labute approximate surface area is 235 Å². The van der Waals surface area contributed by atoms with Crippen LogP contribution in [0.15, 0.2) is 41.3 Å². The van der Waals surface area contributed by atoms with Crippen LogP contribution in [0.2, 0.25) is 0 Å². The Kier molecular flexibility index (Phi) is 8.60. The molecule has 2 aromatic carbocycles. The quantitative estimate of drug-likeness (QED) is 0.310. The highest BCUT2D eigenvalue weighted by Gasteiger charge is 2.51. The van der Waals surface area contributed by atoms with E-state index in [1.54, 1.807) is 0 Å². The third kappa shape index (κ3) is 6.52. The van der Waals surface area contributed by atoms with Gasteiger partial charge in [0.15, 0.2) is 11.6 Å². The molecule has 14 heteroatoms. The number of fused-ring (bicyclic) bond motifs is 1. The number of carboxylic acids is 1. The summed E-state index contributed by atoms with van der Waals surface area (Å²) in [5.74, 6) is -3.44. The van der Waals surface area contributed by atoms with Crippen molar-refractivity contribution in [2.75, 3.05) is 11.4 Å². The summed E-state index contributed by atoms with van der Waals surface area (Å²) in [6, 6.07) is 5.90. The maximum absolute atomic E-state index is 14.1. The van der Waals surface area contributed by atoms with Crippen molar-refractivity contribution in [3.05, 3.63) is 47.8 Å². The minimum absolute atomic E-state index is 0.0275. The van der Waals surface area contributed by atoms with Crippen molar-refractivity contribution in [3.8, 4) is 11.5 Å². The number of ether oxygens (including phenoxy) is 3. The van der Waals surface area contributed by atoms with Gasteiger partial charge in [-0.15, -0.1) is 0 Å². The van der Waals surface area contributed by atoms with Gasteiger partial charge in [0.05, 0.1) is 35.6 Å². The van der Waals surface area contributed by atoms with Crippen LogP contribution in [0.1, 0.15) is 46.6 Å². The first-order valence-electron chi connectivity index (χ1n) is 12.4. The van der Waals surface area contributed by atoms with Gasteiger partial charge in [-0.25, -0.2) is 12.8 Å². The molecule has 41 heavy (non-hydrogen) atoms. The molecule has 1 N–H and O–H groups in total. The molecule has 0 fully saturated rings. The molecule has 0 saturated carbocycles. The second-order valence-electron chi connectivity index (χ2n) is 10.8. The maximum Gasteiger partial charge on any atom is 0.427 e. The topological polar surface area (TPSA) is 119 Å². The van der Waals surface area contributed by atoms with E-state index in [2.05, 4.69) is 4.74 Å². The summed E-state index contributed by atoms with van der Waals surface area (Å²) in [5.41, 5.74) is -3.98. The number of hydrogen-bond acceptors (Lipinski definition) is 7. The van der Waals surface area contributed by atoms with Crippen LogP contribution in [0.4, 0.5) is 23.2 Å². The van der Waals surface area contributed by atoms with E-state index in [9.17, 15) is 40.7 Å². The number of halogens is 4. The molecule has 2 atom stereocenters. The molecule has 0 saturated heterocycles. The van der Waals surface area contributed by atoms with E-state index >= 15 is 0 Å². The van der Waals surface area contributed by atoms with Crippen LogP contribution in [0.3, 0.4) is 0 Å². The fourth-order valence-corrected chi connectivity index (χ4v) is 5.89. The highest BCUT2D eigenvalue weighted by Crippen LogP contribution is 2.43. The van der Waals surface area contributed by atoms with Crippen LogP contribution >= 0.6 is 0 Å². The van der Waals surface area contributed by atoms with Crippen LogP contribution in [0.5, 0.6) is 11.5 Å². The SMILES string of the molecule is COc1cc(S(=O)(=O)N2c3cc(CC(=O)OC(C)(C)C(F)(F)F)ccc3O[C@H](CC(C)(C)C(=O)O)[C@@H]2C)ccc1F. The largest absolute Gasteiger partial charge is 0.494 e. The van der Waals surface area contributed by atoms with Gasteiger partial charge in [0.25, 0.3) is 10.0 Å². The van der Waals surface area contributed by atoms with Gasteiger partial charge in [-0.1, -0.05) is 6.07 Å². The predicted octanol–water partition coefficient (Wildman–Crippen LogP) is 5.11. The van der Waals surface area contributed by atoms with Gasteiger partial charge < -0.3 is 19.3 Å². The van der Waals surface area contributed by atoms with Crippen LogP contribution in [-0.4, -0.2) is 56.5 Å². The van der Waals surface area contributed by atoms with Crippen LogP contribution in [0.25, 0.3) is 0 Å². The van der Waals surface area contributed by atoms with E-state index < -0.39 is 63.5 Å². The lowest BCUT2D eigenvalue weighted by Gasteiger charge is -2.42. The minimum Gasteiger partial charge on any atom is -0.494 e. The van der Waals surface area contributed by atoms with Gasteiger partial charge in [-0.05, 0) is 64.4 Å². The zero-order valence-corrected chi connectivity index (χ0v) is 24.0. The number of carbonyl (C=O) groups is 2. The van der Waals surface area contributed by atoms with Crippen LogP contribution in [0, 0.1) is 11.2 Å². The molecule has 9 nitrogen and oxygen atoms in total. The number of sulfonamides is 1. The zero-order valence-electron chi connectivity index (χ0n) is 23.2. The number of carboxylic acid groups (broad SMARTS) is 1. The Bertz CT molecular complexity index is 1440. The van der Waals surface area contributed by atoms with E-state index in [1.165, 1.54) is 39.0 Å². The maximum atomic E-state index is 14.1. The van der Waals surface area contributed by atoms with E-state index in [-0.39, 0.29) is 34.1 Å². The van der Waals surface area contributed by atoms with Gasteiger partial charge in [0.2, 0.25) is 5.60 Å². The van der Waals surface area contributed by atoms with Gasteiger partial charge in [-0.2, -0.15) is 13.2 Å². The molecule has 0 aliphatic carbocycles. The minimum atomic E-state index is -4.82. The molecular formula is C27H31F4NO8S. The highest BCUT2D eigenvalue weighted by atomic mass is 32.2. The van der Waals surface area contributed by atoms with Crippen molar-refractivity contribution >= 4 is 27.6 Å². The van der Waals surface area contributed by atoms with Crippen molar-refractivity contribution in [2.24, 2.45) is 5.41 Å². The number of nitrogens with zero attached hydrogens (tertiary/aromatic N) is 1. The molecule has 3 rings (SSSR count). The molecule has 2 aromatic rings. The summed E-state index contributed by atoms with van der Waals surface area (Å²) in [6.45, 7) is 5.83.